The fraction of sp³-hybridized carbons (Fsp3) is 0.591. The molecule has 144 valence electrons. The zero-order valence-corrected chi connectivity index (χ0v) is 16.7. The Morgan fingerprint density at radius 3 is 2.85 bits per heavy atom. The molecule has 1 fully saturated rings. The Morgan fingerprint density at radius 1 is 1.41 bits per heavy atom. The van der Waals surface area contributed by atoms with E-state index in [9.17, 15) is 4.79 Å². The SMILES string of the molecule is [C-]#[N+]c1ccc2nc(CC)n(CC(=O)O[C@@H]3C[C@H](C)CC[C@H]3C(C)C)c2c1. The highest BCUT2D eigenvalue weighted by molar-refractivity contribution is 5.82. The van der Waals surface area contributed by atoms with Gasteiger partial charge in [0, 0.05) is 6.42 Å². The molecule has 0 spiro atoms. The Hall–Kier alpha value is -2.35. The first kappa shape index (κ1) is 19.4. The van der Waals surface area contributed by atoms with Crippen LogP contribution in [0.1, 0.15) is 52.8 Å². The summed E-state index contributed by atoms with van der Waals surface area (Å²) in [6.45, 7) is 16.1. The van der Waals surface area contributed by atoms with Gasteiger partial charge in [0.25, 0.3) is 0 Å². The predicted octanol–water partition coefficient (Wildman–Crippen LogP) is 5.15. The molecule has 1 heterocycles. The molecule has 1 aliphatic carbocycles. The van der Waals surface area contributed by atoms with Crippen LogP contribution in [-0.2, 0) is 22.5 Å². The van der Waals surface area contributed by atoms with E-state index in [4.69, 9.17) is 11.3 Å². The largest absolute Gasteiger partial charge is 0.461 e. The first-order valence-corrected chi connectivity index (χ1v) is 9.99. The van der Waals surface area contributed by atoms with E-state index >= 15 is 0 Å². The van der Waals surface area contributed by atoms with Crippen molar-refractivity contribution in [1.82, 2.24) is 9.55 Å². The average molecular weight is 367 g/mol. The second kappa shape index (κ2) is 8.12. The Bertz CT molecular complexity index is 862. The van der Waals surface area contributed by atoms with Crippen molar-refractivity contribution in [2.75, 3.05) is 0 Å². The second-order valence-electron chi connectivity index (χ2n) is 8.11. The van der Waals surface area contributed by atoms with Crippen molar-refractivity contribution < 1.29 is 9.53 Å². The summed E-state index contributed by atoms with van der Waals surface area (Å²) in [5.41, 5.74) is 2.20. The molecule has 0 saturated heterocycles. The quantitative estimate of drug-likeness (QED) is 0.542. The molecule has 1 aliphatic rings. The number of fused-ring (bicyclic) bond motifs is 1. The maximum Gasteiger partial charge on any atom is 0.326 e. The van der Waals surface area contributed by atoms with Crippen LogP contribution in [0, 0.1) is 24.3 Å². The molecule has 3 rings (SSSR count). The number of imidazole rings is 1. The monoisotopic (exact) mass is 367 g/mol. The van der Waals surface area contributed by atoms with E-state index in [-0.39, 0.29) is 18.6 Å². The summed E-state index contributed by atoms with van der Waals surface area (Å²) in [4.78, 5) is 20.9. The number of nitrogens with zero attached hydrogens (tertiary/aromatic N) is 3. The molecule has 5 heteroatoms. The summed E-state index contributed by atoms with van der Waals surface area (Å²) in [7, 11) is 0. The zero-order valence-electron chi connectivity index (χ0n) is 16.7. The van der Waals surface area contributed by atoms with Crippen LogP contribution in [0.15, 0.2) is 18.2 Å². The maximum absolute atomic E-state index is 12.8. The summed E-state index contributed by atoms with van der Waals surface area (Å²) in [5.74, 6) is 2.18. The van der Waals surface area contributed by atoms with Gasteiger partial charge in [0.05, 0.1) is 17.6 Å². The first-order valence-electron chi connectivity index (χ1n) is 9.99. The lowest BCUT2D eigenvalue weighted by molar-refractivity contribution is -0.156. The zero-order chi connectivity index (χ0) is 19.6. The van der Waals surface area contributed by atoms with Crippen LogP contribution in [0.3, 0.4) is 0 Å². The minimum Gasteiger partial charge on any atom is -0.461 e. The number of hydrogen-bond donors (Lipinski definition) is 0. The number of aromatic nitrogens is 2. The van der Waals surface area contributed by atoms with E-state index in [2.05, 4.69) is 30.6 Å². The molecule has 0 bridgehead atoms. The van der Waals surface area contributed by atoms with Gasteiger partial charge in [-0.2, -0.15) is 0 Å². The van der Waals surface area contributed by atoms with Crippen LogP contribution >= 0.6 is 0 Å². The summed E-state index contributed by atoms with van der Waals surface area (Å²) in [5, 5.41) is 0. The normalized spacial score (nSPS) is 22.7. The molecule has 0 N–H and O–H groups in total. The molecule has 2 aromatic rings. The number of benzene rings is 1. The number of carbonyl (C=O) groups is 1. The van der Waals surface area contributed by atoms with Crippen LogP contribution in [0.25, 0.3) is 15.9 Å². The fourth-order valence-corrected chi connectivity index (χ4v) is 4.26. The Labute approximate surface area is 161 Å². The third-order valence-corrected chi connectivity index (χ3v) is 5.79. The second-order valence-corrected chi connectivity index (χ2v) is 8.11. The van der Waals surface area contributed by atoms with Gasteiger partial charge in [-0.25, -0.2) is 9.83 Å². The Balaban J connectivity index is 1.82. The third-order valence-electron chi connectivity index (χ3n) is 5.79. The van der Waals surface area contributed by atoms with Crippen LogP contribution in [0.2, 0.25) is 0 Å². The van der Waals surface area contributed by atoms with Gasteiger partial charge in [0.1, 0.15) is 18.5 Å². The Morgan fingerprint density at radius 2 is 2.19 bits per heavy atom. The smallest absolute Gasteiger partial charge is 0.326 e. The van der Waals surface area contributed by atoms with Crippen molar-refractivity contribution in [1.29, 1.82) is 0 Å². The highest BCUT2D eigenvalue weighted by Crippen LogP contribution is 2.35. The molecule has 3 atom stereocenters. The van der Waals surface area contributed by atoms with Gasteiger partial charge in [-0.05, 0) is 42.7 Å². The minimum atomic E-state index is -0.207. The van der Waals surface area contributed by atoms with Gasteiger partial charge in [-0.1, -0.05) is 40.2 Å². The van der Waals surface area contributed by atoms with Gasteiger partial charge in [-0.15, -0.1) is 0 Å². The van der Waals surface area contributed by atoms with Crippen molar-refractivity contribution in [3.05, 3.63) is 35.4 Å². The van der Waals surface area contributed by atoms with E-state index in [0.717, 1.165) is 36.1 Å². The minimum absolute atomic E-state index is 0.0000788. The molecule has 1 aromatic heterocycles. The van der Waals surface area contributed by atoms with Crippen molar-refractivity contribution in [3.63, 3.8) is 0 Å². The Kier molecular flexibility index (Phi) is 5.84. The standard InChI is InChI=1S/C22H29N3O2/c1-6-21-24-18-10-8-16(23-5)12-19(18)25(21)13-22(26)27-20-11-15(4)7-9-17(20)14(2)3/h8,10,12,14-15,17,20H,6-7,9,11,13H2,1-4H3/t15-,17+,20-/m1/s1. The molecular weight excluding hydrogens is 338 g/mol. The van der Waals surface area contributed by atoms with Crippen LogP contribution in [-0.4, -0.2) is 21.6 Å². The maximum atomic E-state index is 12.8. The summed E-state index contributed by atoms with van der Waals surface area (Å²) < 4.78 is 7.87. The number of rotatable bonds is 5. The highest BCUT2D eigenvalue weighted by atomic mass is 16.5. The lowest BCUT2D eigenvalue weighted by atomic mass is 9.75. The molecule has 0 radical (unpaired) electrons. The predicted molar refractivity (Wildman–Crippen MR) is 107 cm³/mol. The lowest BCUT2D eigenvalue weighted by Gasteiger charge is -2.36. The van der Waals surface area contributed by atoms with Gasteiger partial charge >= 0.3 is 5.97 Å². The summed E-state index contributed by atoms with van der Waals surface area (Å²) >= 11 is 0. The van der Waals surface area contributed by atoms with Gasteiger partial charge in [-0.3, -0.25) is 4.79 Å². The van der Waals surface area contributed by atoms with Crippen molar-refractivity contribution >= 4 is 22.7 Å². The van der Waals surface area contributed by atoms with Crippen molar-refractivity contribution in [2.45, 2.75) is 66.0 Å². The van der Waals surface area contributed by atoms with E-state index in [0.29, 0.717) is 23.4 Å². The molecule has 1 aromatic carbocycles. The lowest BCUT2D eigenvalue weighted by Crippen LogP contribution is -2.36. The molecule has 0 aliphatic heterocycles. The molecule has 0 unspecified atom stereocenters. The van der Waals surface area contributed by atoms with Crippen molar-refractivity contribution in [2.24, 2.45) is 17.8 Å². The number of ether oxygens (including phenoxy) is 1. The molecule has 27 heavy (non-hydrogen) atoms. The molecule has 0 amide bonds. The summed E-state index contributed by atoms with van der Waals surface area (Å²) in [6.07, 6.45) is 4.01. The molecule has 1 saturated carbocycles. The van der Waals surface area contributed by atoms with Gasteiger partial charge < -0.3 is 9.30 Å². The number of carbonyl (C=O) groups excluding carboxylic acids is 1. The van der Waals surface area contributed by atoms with Crippen molar-refractivity contribution in [3.8, 4) is 0 Å². The molecular formula is C22H29N3O2. The van der Waals surface area contributed by atoms with Crippen LogP contribution < -0.4 is 0 Å². The van der Waals surface area contributed by atoms with E-state index in [1.54, 1.807) is 12.1 Å². The van der Waals surface area contributed by atoms with E-state index in [1.165, 1.54) is 6.42 Å². The number of hydrogen-bond acceptors (Lipinski definition) is 3. The fourth-order valence-electron chi connectivity index (χ4n) is 4.26. The third kappa shape index (κ3) is 4.16. The van der Waals surface area contributed by atoms with Gasteiger partial charge in [0.15, 0.2) is 5.69 Å². The van der Waals surface area contributed by atoms with E-state index in [1.807, 2.05) is 17.6 Å². The highest BCUT2D eigenvalue weighted by Gasteiger charge is 2.33. The first-order chi connectivity index (χ1) is 12.9. The number of esters is 1. The molecule has 5 nitrogen and oxygen atoms in total. The van der Waals surface area contributed by atoms with Crippen LogP contribution in [0.4, 0.5) is 5.69 Å². The van der Waals surface area contributed by atoms with E-state index < -0.39 is 0 Å². The van der Waals surface area contributed by atoms with Crippen LogP contribution in [0.5, 0.6) is 0 Å². The number of aryl methyl sites for hydroxylation is 1. The average Bonchev–Trinajstić information content (AvgIpc) is 2.98. The van der Waals surface area contributed by atoms with Gasteiger partial charge in [0.2, 0.25) is 0 Å². The topological polar surface area (TPSA) is 48.5 Å². The summed E-state index contributed by atoms with van der Waals surface area (Å²) in [6, 6.07) is 5.42.